The summed E-state index contributed by atoms with van der Waals surface area (Å²) in [6, 6.07) is 8.33. The molecular weight excluding hydrogens is 266 g/mol. The second-order valence-corrected chi connectivity index (χ2v) is 6.01. The summed E-state index contributed by atoms with van der Waals surface area (Å²) in [5.41, 5.74) is 2.43. The molecule has 114 valence electrons. The van der Waals surface area contributed by atoms with Crippen LogP contribution in [0.5, 0.6) is 0 Å². The molecule has 0 aliphatic carbocycles. The number of nitrogens with zero attached hydrogens (tertiary/aromatic N) is 1. The molecule has 4 nitrogen and oxygen atoms in total. The molecule has 4 heteroatoms. The summed E-state index contributed by atoms with van der Waals surface area (Å²) >= 11 is 0. The molecule has 1 amide bonds. The number of amides is 1. The highest BCUT2D eigenvalue weighted by molar-refractivity contribution is 5.78. The van der Waals surface area contributed by atoms with Crippen molar-refractivity contribution in [3.05, 3.63) is 35.4 Å². The summed E-state index contributed by atoms with van der Waals surface area (Å²) in [5, 5.41) is 8.80. The number of aryl methyl sites for hydroxylation is 1. The second-order valence-electron chi connectivity index (χ2n) is 6.01. The molecule has 0 bridgehead atoms. The van der Waals surface area contributed by atoms with Crippen molar-refractivity contribution in [1.82, 2.24) is 4.90 Å². The summed E-state index contributed by atoms with van der Waals surface area (Å²) in [5.74, 6) is -0.880. The number of carboxylic acids is 1. The highest BCUT2D eigenvalue weighted by Crippen LogP contribution is 2.34. The minimum atomic E-state index is -0.841. The molecule has 1 aliphatic heterocycles. The summed E-state index contributed by atoms with van der Waals surface area (Å²) in [6.45, 7) is 4.67. The zero-order valence-corrected chi connectivity index (χ0v) is 12.7. The first-order valence-corrected chi connectivity index (χ1v) is 7.56. The van der Waals surface area contributed by atoms with E-state index in [4.69, 9.17) is 5.11 Å². The van der Waals surface area contributed by atoms with Gasteiger partial charge in [-0.05, 0) is 36.8 Å². The molecule has 1 aromatic carbocycles. The largest absolute Gasteiger partial charge is 0.481 e. The number of rotatable bonds is 5. The monoisotopic (exact) mass is 289 g/mol. The van der Waals surface area contributed by atoms with E-state index in [1.165, 1.54) is 11.1 Å². The predicted molar refractivity (Wildman–Crippen MR) is 80.9 cm³/mol. The van der Waals surface area contributed by atoms with E-state index in [1.807, 2.05) is 24.0 Å². The first-order chi connectivity index (χ1) is 9.99. The Morgan fingerprint density at radius 1 is 1.33 bits per heavy atom. The van der Waals surface area contributed by atoms with E-state index in [0.29, 0.717) is 6.42 Å². The SMILES string of the molecule is Cc1ccccc1C1CCCN1C(=O)CC(C)CC(=O)O. The topological polar surface area (TPSA) is 57.6 Å². The first-order valence-electron chi connectivity index (χ1n) is 7.56. The fourth-order valence-corrected chi connectivity index (χ4v) is 3.13. The molecule has 2 unspecified atom stereocenters. The first kappa shape index (κ1) is 15.5. The molecule has 0 radical (unpaired) electrons. The van der Waals surface area contributed by atoms with Crippen molar-refractivity contribution in [2.45, 2.75) is 45.6 Å². The molecule has 0 aromatic heterocycles. The summed E-state index contributed by atoms with van der Waals surface area (Å²) in [7, 11) is 0. The Balaban J connectivity index is 2.06. The van der Waals surface area contributed by atoms with Gasteiger partial charge in [-0.2, -0.15) is 0 Å². The fraction of sp³-hybridized carbons (Fsp3) is 0.529. The van der Waals surface area contributed by atoms with Crippen molar-refractivity contribution in [3.63, 3.8) is 0 Å². The Bertz CT molecular complexity index is 527. The predicted octanol–water partition coefficient (Wildman–Crippen LogP) is 3.16. The maximum Gasteiger partial charge on any atom is 0.303 e. The lowest BCUT2D eigenvalue weighted by molar-refractivity contribution is -0.138. The van der Waals surface area contributed by atoms with Crippen LogP contribution in [0.2, 0.25) is 0 Å². The highest BCUT2D eigenvalue weighted by atomic mass is 16.4. The Morgan fingerprint density at radius 2 is 2.05 bits per heavy atom. The molecule has 1 N–H and O–H groups in total. The Kier molecular flexibility index (Phi) is 4.99. The third kappa shape index (κ3) is 3.84. The number of carbonyl (C=O) groups excluding carboxylic acids is 1. The Morgan fingerprint density at radius 3 is 2.71 bits per heavy atom. The lowest BCUT2D eigenvalue weighted by Crippen LogP contribution is -2.32. The van der Waals surface area contributed by atoms with Crippen molar-refractivity contribution >= 4 is 11.9 Å². The van der Waals surface area contributed by atoms with E-state index in [0.717, 1.165) is 19.4 Å². The highest BCUT2D eigenvalue weighted by Gasteiger charge is 2.31. The van der Waals surface area contributed by atoms with Crippen LogP contribution in [0.3, 0.4) is 0 Å². The van der Waals surface area contributed by atoms with E-state index in [9.17, 15) is 9.59 Å². The number of carboxylic acid groups (broad SMARTS) is 1. The lowest BCUT2D eigenvalue weighted by atomic mass is 9.98. The molecule has 1 saturated heterocycles. The van der Waals surface area contributed by atoms with Crippen LogP contribution in [0.4, 0.5) is 0 Å². The molecule has 2 atom stereocenters. The summed E-state index contributed by atoms with van der Waals surface area (Å²) in [6.07, 6.45) is 2.37. The molecule has 0 saturated carbocycles. The minimum Gasteiger partial charge on any atom is -0.481 e. The average Bonchev–Trinajstić information content (AvgIpc) is 2.87. The van der Waals surface area contributed by atoms with Crippen LogP contribution in [0, 0.1) is 12.8 Å². The standard InChI is InChI=1S/C17H23NO3/c1-12(11-17(20)21)10-16(19)18-9-5-8-15(18)14-7-4-3-6-13(14)2/h3-4,6-7,12,15H,5,8-11H2,1-2H3,(H,20,21). The van der Waals surface area contributed by atoms with Gasteiger partial charge < -0.3 is 10.0 Å². The van der Waals surface area contributed by atoms with Crippen molar-refractivity contribution in [3.8, 4) is 0 Å². The number of hydrogen-bond donors (Lipinski definition) is 1. The minimum absolute atomic E-state index is 0.0502. The molecule has 1 aromatic rings. The Labute approximate surface area is 125 Å². The molecule has 2 rings (SSSR count). The molecule has 1 heterocycles. The van der Waals surface area contributed by atoms with Crippen molar-refractivity contribution in [1.29, 1.82) is 0 Å². The van der Waals surface area contributed by atoms with Crippen LogP contribution in [-0.2, 0) is 9.59 Å². The van der Waals surface area contributed by atoms with Gasteiger partial charge in [0.2, 0.25) is 5.91 Å². The van der Waals surface area contributed by atoms with Gasteiger partial charge in [0.1, 0.15) is 0 Å². The van der Waals surface area contributed by atoms with Crippen LogP contribution >= 0.6 is 0 Å². The number of hydrogen-bond acceptors (Lipinski definition) is 2. The number of benzene rings is 1. The second kappa shape index (κ2) is 6.74. The fourth-order valence-electron chi connectivity index (χ4n) is 3.13. The lowest BCUT2D eigenvalue weighted by Gasteiger charge is -2.27. The smallest absolute Gasteiger partial charge is 0.303 e. The number of carbonyl (C=O) groups is 2. The zero-order chi connectivity index (χ0) is 15.4. The molecule has 21 heavy (non-hydrogen) atoms. The Hall–Kier alpha value is -1.84. The van der Waals surface area contributed by atoms with E-state index >= 15 is 0 Å². The van der Waals surface area contributed by atoms with Gasteiger partial charge in [0.15, 0.2) is 0 Å². The van der Waals surface area contributed by atoms with Crippen LogP contribution in [0.1, 0.15) is 49.8 Å². The third-order valence-corrected chi connectivity index (χ3v) is 4.17. The van der Waals surface area contributed by atoms with Crippen molar-refractivity contribution < 1.29 is 14.7 Å². The molecule has 0 spiro atoms. The van der Waals surface area contributed by atoms with Crippen molar-refractivity contribution in [2.24, 2.45) is 5.92 Å². The number of likely N-dealkylation sites (tertiary alicyclic amines) is 1. The maximum absolute atomic E-state index is 12.5. The van der Waals surface area contributed by atoms with Crippen LogP contribution in [0.15, 0.2) is 24.3 Å². The quantitative estimate of drug-likeness (QED) is 0.906. The third-order valence-electron chi connectivity index (χ3n) is 4.17. The molecule has 1 aliphatic rings. The van der Waals surface area contributed by atoms with Gasteiger partial charge in [0, 0.05) is 19.4 Å². The van der Waals surface area contributed by atoms with Crippen LogP contribution in [0.25, 0.3) is 0 Å². The summed E-state index contributed by atoms with van der Waals surface area (Å²) in [4.78, 5) is 25.1. The number of aliphatic carboxylic acids is 1. The summed E-state index contributed by atoms with van der Waals surface area (Å²) < 4.78 is 0. The van der Waals surface area contributed by atoms with Gasteiger partial charge in [-0.1, -0.05) is 31.2 Å². The van der Waals surface area contributed by atoms with E-state index in [2.05, 4.69) is 19.1 Å². The van der Waals surface area contributed by atoms with Gasteiger partial charge in [-0.25, -0.2) is 0 Å². The van der Waals surface area contributed by atoms with Gasteiger partial charge in [0.25, 0.3) is 0 Å². The molecular formula is C17H23NO3. The van der Waals surface area contributed by atoms with Gasteiger partial charge in [-0.15, -0.1) is 0 Å². The van der Waals surface area contributed by atoms with Gasteiger partial charge in [-0.3, -0.25) is 9.59 Å². The van der Waals surface area contributed by atoms with Gasteiger partial charge in [0.05, 0.1) is 6.04 Å². The molecule has 1 fully saturated rings. The normalized spacial score (nSPS) is 19.5. The van der Waals surface area contributed by atoms with Gasteiger partial charge >= 0.3 is 5.97 Å². The van der Waals surface area contributed by atoms with E-state index in [1.54, 1.807) is 0 Å². The zero-order valence-electron chi connectivity index (χ0n) is 12.7. The average molecular weight is 289 g/mol. The van der Waals surface area contributed by atoms with Crippen LogP contribution in [-0.4, -0.2) is 28.4 Å². The van der Waals surface area contributed by atoms with E-state index in [-0.39, 0.29) is 24.3 Å². The van der Waals surface area contributed by atoms with Crippen LogP contribution < -0.4 is 0 Å². The maximum atomic E-state index is 12.5. The van der Waals surface area contributed by atoms with E-state index < -0.39 is 5.97 Å². The van der Waals surface area contributed by atoms with Crippen molar-refractivity contribution in [2.75, 3.05) is 6.54 Å².